The third-order valence-corrected chi connectivity index (χ3v) is 7.15. The van der Waals surface area contributed by atoms with Gasteiger partial charge in [0.15, 0.2) is 0 Å². The molecule has 0 aromatic heterocycles. The molecule has 2 saturated carbocycles. The van der Waals surface area contributed by atoms with Crippen molar-refractivity contribution < 1.29 is 0 Å². The highest BCUT2D eigenvalue weighted by Gasteiger charge is 2.44. The first-order chi connectivity index (χ1) is 10.2. The van der Waals surface area contributed by atoms with Crippen LogP contribution in [0.3, 0.4) is 0 Å². The van der Waals surface area contributed by atoms with Gasteiger partial charge in [0.25, 0.3) is 0 Å². The molecule has 0 saturated heterocycles. The summed E-state index contributed by atoms with van der Waals surface area (Å²) in [5.74, 6) is 2.87. The van der Waals surface area contributed by atoms with Crippen LogP contribution >= 0.6 is 0 Å². The first-order valence-corrected chi connectivity index (χ1v) is 9.25. The van der Waals surface area contributed by atoms with Gasteiger partial charge in [0, 0.05) is 0 Å². The SMILES string of the molecule is Cc1ccc2c(c1)CCC1CC2CC[C@]2(C)CCCCC12. The summed E-state index contributed by atoms with van der Waals surface area (Å²) in [6, 6.07) is 7.29. The van der Waals surface area contributed by atoms with Crippen LogP contribution in [0.1, 0.15) is 80.9 Å². The van der Waals surface area contributed by atoms with Crippen LogP contribution in [0.15, 0.2) is 18.2 Å². The van der Waals surface area contributed by atoms with Crippen molar-refractivity contribution in [3.8, 4) is 0 Å². The minimum atomic E-state index is 0.667. The number of benzene rings is 1. The van der Waals surface area contributed by atoms with Gasteiger partial charge in [0.2, 0.25) is 0 Å². The summed E-state index contributed by atoms with van der Waals surface area (Å²) in [5.41, 5.74) is 5.51. The second-order valence-electron chi connectivity index (χ2n) is 8.48. The third kappa shape index (κ3) is 2.35. The lowest BCUT2D eigenvalue weighted by molar-refractivity contribution is 0.0620. The molecule has 0 aliphatic heterocycles. The first kappa shape index (κ1) is 13.9. The van der Waals surface area contributed by atoms with E-state index in [4.69, 9.17) is 0 Å². The molecule has 3 aliphatic rings. The van der Waals surface area contributed by atoms with Gasteiger partial charge >= 0.3 is 0 Å². The molecule has 1 aromatic rings. The highest BCUT2D eigenvalue weighted by molar-refractivity contribution is 5.35. The zero-order valence-corrected chi connectivity index (χ0v) is 13.8. The Balaban J connectivity index is 1.71. The van der Waals surface area contributed by atoms with E-state index in [0.717, 1.165) is 17.8 Å². The molecule has 0 amide bonds. The minimum absolute atomic E-state index is 0.667. The topological polar surface area (TPSA) is 0 Å². The van der Waals surface area contributed by atoms with E-state index < -0.39 is 0 Å². The average molecular weight is 282 g/mol. The van der Waals surface area contributed by atoms with Crippen LogP contribution in [0.2, 0.25) is 0 Å². The third-order valence-electron chi connectivity index (χ3n) is 7.15. The molecular formula is C21H30. The van der Waals surface area contributed by atoms with Crippen LogP contribution in [0.4, 0.5) is 0 Å². The maximum absolute atomic E-state index is 2.63. The van der Waals surface area contributed by atoms with Crippen molar-refractivity contribution in [1.82, 2.24) is 0 Å². The normalized spacial score (nSPS) is 38.9. The molecule has 21 heavy (non-hydrogen) atoms. The van der Waals surface area contributed by atoms with Crippen molar-refractivity contribution in [3.63, 3.8) is 0 Å². The Morgan fingerprint density at radius 2 is 1.95 bits per heavy atom. The Morgan fingerprint density at radius 3 is 2.86 bits per heavy atom. The molecule has 0 heteroatoms. The van der Waals surface area contributed by atoms with Crippen LogP contribution in [0.5, 0.6) is 0 Å². The summed E-state index contributed by atoms with van der Waals surface area (Å²) in [6.45, 7) is 4.88. The lowest BCUT2D eigenvalue weighted by Crippen LogP contribution is -2.34. The summed E-state index contributed by atoms with van der Waals surface area (Å²) in [7, 11) is 0. The van der Waals surface area contributed by atoms with Crippen molar-refractivity contribution in [1.29, 1.82) is 0 Å². The zero-order valence-electron chi connectivity index (χ0n) is 13.8. The molecule has 114 valence electrons. The van der Waals surface area contributed by atoms with Crippen LogP contribution in [-0.4, -0.2) is 0 Å². The molecule has 3 unspecified atom stereocenters. The van der Waals surface area contributed by atoms with Gasteiger partial charge in [-0.25, -0.2) is 0 Å². The lowest BCUT2D eigenvalue weighted by atomic mass is 9.61. The molecule has 2 bridgehead atoms. The molecule has 4 rings (SSSR count). The molecule has 3 aliphatic carbocycles. The molecule has 4 atom stereocenters. The van der Waals surface area contributed by atoms with E-state index in [-0.39, 0.29) is 0 Å². The molecule has 0 radical (unpaired) electrons. The zero-order chi connectivity index (χ0) is 14.4. The molecule has 0 heterocycles. The van der Waals surface area contributed by atoms with E-state index in [1.54, 1.807) is 11.1 Å². The van der Waals surface area contributed by atoms with Crippen molar-refractivity contribution >= 4 is 0 Å². The van der Waals surface area contributed by atoms with Crippen LogP contribution in [0, 0.1) is 24.2 Å². The number of hydrogen-bond donors (Lipinski definition) is 0. The summed E-state index contributed by atoms with van der Waals surface area (Å²) < 4.78 is 0. The monoisotopic (exact) mass is 282 g/mol. The van der Waals surface area contributed by atoms with Gasteiger partial charge in [0.1, 0.15) is 0 Å². The van der Waals surface area contributed by atoms with Gasteiger partial charge in [-0.15, -0.1) is 0 Å². The fourth-order valence-electron chi connectivity index (χ4n) is 5.99. The second kappa shape index (κ2) is 5.14. The summed E-state index contributed by atoms with van der Waals surface area (Å²) in [5, 5.41) is 0. The largest absolute Gasteiger partial charge is 0.0594 e. The van der Waals surface area contributed by atoms with Gasteiger partial charge in [-0.3, -0.25) is 0 Å². The van der Waals surface area contributed by atoms with E-state index in [1.165, 1.54) is 63.4 Å². The van der Waals surface area contributed by atoms with Gasteiger partial charge < -0.3 is 0 Å². The fraction of sp³-hybridized carbons (Fsp3) is 0.714. The average Bonchev–Trinajstić information content (AvgIpc) is 2.74. The Kier molecular flexibility index (Phi) is 3.39. The Labute approximate surface area is 130 Å². The van der Waals surface area contributed by atoms with E-state index >= 15 is 0 Å². The van der Waals surface area contributed by atoms with Gasteiger partial charge in [-0.05, 0) is 86.2 Å². The van der Waals surface area contributed by atoms with Crippen molar-refractivity contribution in [2.24, 2.45) is 17.3 Å². The molecule has 1 aromatic carbocycles. The van der Waals surface area contributed by atoms with Crippen molar-refractivity contribution in [3.05, 3.63) is 34.9 Å². The van der Waals surface area contributed by atoms with Gasteiger partial charge in [-0.1, -0.05) is 43.5 Å². The standard InChI is InChI=1S/C21H30/c1-15-6-9-19-16(13-15)7-8-18-14-17(19)10-12-21(2)11-4-3-5-20(18)21/h6,9,13,17-18,20H,3-5,7-8,10-12,14H2,1-2H3/t17?,18?,20?,21-/m0/s1. The van der Waals surface area contributed by atoms with Crippen LogP contribution < -0.4 is 0 Å². The number of fused-ring (bicyclic) bond motifs is 6. The van der Waals surface area contributed by atoms with E-state index in [0.29, 0.717) is 5.41 Å². The van der Waals surface area contributed by atoms with Crippen molar-refractivity contribution in [2.45, 2.75) is 77.6 Å². The summed E-state index contributed by atoms with van der Waals surface area (Å²) in [4.78, 5) is 0. The molecule has 0 spiro atoms. The maximum Gasteiger partial charge on any atom is -0.0156 e. The van der Waals surface area contributed by atoms with Crippen LogP contribution in [-0.2, 0) is 6.42 Å². The molecule has 2 fully saturated rings. The predicted molar refractivity (Wildman–Crippen MR) is 89.6 cm³/mol. The fourth-order valence-corrected chi connectivity index (χ4v) is 5.99. The lowest BCUT2D eigenvalue weighted by Gasteiger charge is -2.44. The molecular weight excluding hydrogens is 252 g/mol. The molecule has 0 N–H and O–H groups in total. The van der Waals surface area contributed by atoms with Crippen molar-refractivity contribution in [2.75, 3.05) is 0 Å². The number of aryl methyl sites for hydroxylation is 2. The number of rotatable bonds is 0. The Morgan fingerprint density at radius 1 is 1.05 bits per heavy atom. The van der Waals surface area contributed by atoms with Crippen LogP contribution in [0.25, 0.3) is 0 Å². The quantitative estimate of drug-likeness (QED) is 0.545. The highest BCUT2D eigenvalue weighted by Crippen LogP contribution is 2.56. The Bertz CT molecular complexity index is 529. The minimum Gasteiger partial charge on any atom is -0.0594 e. The summed E-state index contributed by atoms with van der Waals surface area (Å²) >= 11 is 0. The van der Waals surface area contributed by atoms with Gasteiger partial charge in [0.05, 0.1) is 0 Å². The maximum atomic E-state index is 2.63. The Hall–Kier alpha value is -0.780. The summed E-state index contributed by atoms with van der Waals surface area (Å²) in [6.07, 6.45) is 13.2. The van der Waals surface area contributed by atoms with E-state index in [1.807, 2.05) is 0 Å². The van der Waals surface area contributed by atoms with Gasteiger partial charge in [-0.2, -0.15) is 0 Å². The van der Waals surface area contributed by atoms with E-state index in [2.05, 4.69) is 32.0 Å². The van der Waals surface area contributed by atoms with E-state index in [9.17, 15) is 0 Å². The molecule has 0 nitrogen and oxygen atoms in total. The second-order valence-corrected chi connectivity index (χ2v) is 8.48. The number of hydrogen-bond acceptors (Lipinski definition) is 0. The highest BCUT2D eigenvalue weighted by atomic mass is 14.5. The smallest absolute Gasteiger partial charge is 0.0156 e. The predicted octanol–water partition coefficient (Wildman–Crippen LogP) is 6.02. The first-order valence-electron chi connectivity index (χ1n) is 9.25.